The van der Waals surface area contributed by atoms with Crippen LogP contribution in [0.2, 0.25) is 0 Å². The van der Waals surface area contributed by atoms with E-state index >= 15 is 0 Å². The average molecular weight is 275 g/mol. The van der Waals surface area contributed by atoms with Gasteiger partial charge in [-0.15, -0.1) is 0 Å². The second kappa shape index (κ2) is 4.41. The first-order valence-corrected chi connectivity index (χ1v) is 7.05. The largest absolute Gasteiger partial charge is 0.339 e. The number of hydrogen-bond donors (Lipinski definition) is 1. The third-order valence-electron chi connectivity index (χ3n) is 4.50. The summed E-state index contributed by atoms with van der Waals surface area (Å²) in [6.07, 6.45) is 3.01. The predicted molar refractivity (Wildman–Crippen MR) is 74.2 cm³/mol. The molecule has 0 spiro atoms. The van der Waals surface area contributed by atoms with Gasteiger partial charge in [-0.25, -0.2) is 0 Å². The summed E-state index contributed by atoms with van der Waals surface area (Å²) >= 11 is 0. The molecule has 6 heteroatoms. The molecule has 1 fully saturated rings. The molecule has 0 amide bonds. The van der Waals surface area contributed by atoms with Crippen molar-refractivity contribution in [2.75, 3.05) is 0 Å². The molecule has 2 heterocycles. The van der Waals surface area contributed by atoms with Crippen molar-refractivity contribution < 1.29 is 4.52 Å². The van der Waals surface area contributed by atoms with Crippen LogP contribution >= 0.6 is 0 Å². The molecule has 1 unspecified atom stereocenters. The van der Waals surface area contributed by atoms with Crippen LogP contribution in [-0.2, 0) is 12.6 Å². The summed E-state index contributed by atoms with van der Waals surface area (Å²) in [4.78, 5) is 4.53. The molecule has 1 aliphatic rings. The molecule has 6 nitrogen and oxygen atoms in total. The van der Waals surface area contributed by atoms with E-state index in [2.05, 4.69) is 29.1 Å². The summed E-state index contributed by atoms with van der Waals surface area (Å²) in [5.74, 6) is 1.30. The van der Waals surface area contributed by atoms with E-state index in [1.54, 1.807) is 0 Å². The van der Waals surface area contributed by atoms with Crippen LogP contribution in [0.5, 0.6) is 0 Å². The van der Waals surface area contributed by atoms with Crippen molar-refractivity contribution >= 4 is 0 Å². The zero-order valence-electron chi connectivity index (χ0n) is 12.5. The number of nitrogens with zero attached hydrogens (tertiary/aromatic N) is 4. The van der Waals surface area contributed by atoms with Crippen LogP contribution in [-0.4, -0.2) is 19.9 Å². The Labute approximate surface area is 118 Å². The number of aromatic nitrogens is 4. The minimum atomic E-state index is -0.375. The van der Waals surface area contributed by atoms with E-state index in [0.717, 1.165) is 36.2 Å². The molecular weight excluding hydrogens is 254 g/mol. The van der Waals surface area contributed by atoms with Crippen molar-refractivity contribution in [3.05, 3.63) is 28.7 Å². The zero-order chi connectivity index (χ0) is 14.5. The van der Waals surface area contributed by atoms with Crippen LogP contribution in [0, 0.1) is 13.8 Å². The van der Waals surface area contributed by atoms with Gasteiger partial charge in [-0.1, -0.05) is 5.16 Å². The monoisotopic (exact) mass is 275 g/mol. The topological polar surface area (TPSA) is 82.8 Å². The molecule has 20 heavy (non-hydrogen) atoms. The fourth-order valence-corrected chi connectivity index (χ4v) is 2.93. The van der Waals surface area contributed by atoms with Gasteiger partial charge in [0.2, 0.25) is 5.89 Å². The second-order valence-corrected chi connectivity index (χ2v) is 5.90. The molecule has 0 aliphatic heterocycles. The standard InChI is InChI=1S/C14H21N5O/c1-8(11-9(2)17-19(4)10(11)3)12-16-13(18-20-12)14(15)6-5-7-14/h8H,5-7,15H2,1-4H3. The first-order chi connectivity index (χ1) is 9.42. The van der Waals surface area contributed by atoms with Gasteiger partial charge >= 0.3 is 0 Å². The summed E-state index contributed by atoms with van der Waals surface area (Å²) < 4.78 is 7.33. The third kappa shape index (κ3) is 1.86. The highest BCUT2D eigenvalue weighted by Crippen LogP contribution is 2.38. The third-order valence-corrected chi connectivity index (χ3v) is 4.50. The van der Waals surface area contributed by atoms with Gasteiger partial charge in [0.15, 0.2) is 5.82 Å². The molecule has 2 aromatic rings. The van der Waals surface area contributed by atoms with E-state index in [1.807, 2.05) is 18.7 Å². The highest BCUT2D eigenvalue weighted by molar-refractivity contribution is 5.32. The lowest BCUT2D eigenvalue weighted by atomic mass is 9.77. The summed E-state index contributed by atoms with van der Waals surface area (Å²) in [5.41, 5.74) is 9.15. The van der Waals surface area contributed by atoms with Crippen LogP contribution in [0.15, 0.2) is 4.52 Å². The Hall–Kier alpha value is -1.69. The van der Waals surface area contributed by atoms with Crippen molar-refractivity contribution in [2.24, 2.45) is 12.8 Å². The molecule has 2 aromatic heterocycles. The van der Waals surface area contributed by atoms with Crippen molar-refractivity contribution in [1.82, 2.24) is 19.9 Å². The lowest BCUT2D eigenvalue weighted by Gasteiger charge is -2.34. The van der Waals surface area contributed by atoms with E-state index in [1.165, 1.54) is 0 Å². The Morgan fingerprint density at radius 2 is 2.05 bits per heavy atom. The van der Waals surface area contributed by atoms with Gasteiger partial charge in [0, 0.05) is 18.3 Å². The molecule has 108 valence electrons. The average Bonchev–Trinajstić information content (AvgIpc) is 2.93. The fraction of sp³-hybridized carbons (Fsp3) is 0.643. The molecule has 0 saturated heterocycles. The van der Waals surface area contributed by atoms with Crippen molar-refractivity contribution in [1.29, 1.82) is 0 Å². The lowest BCUT2D eigenvalue weighted by molar-refractivity contribution is 0.228. The normalized spacial score (nSPS) is 18.9. The van der Waals surface area contributed by atoms with Gasteiger partial charge < -0.3 is 10.3 Å². The number of rotatable bonds is 3. The van der Waals surface area contributed by atoms with E-state index in [4.69, 9.17) is 10.3 Å². The zero-order valence-corrected chi connectivity index (χ0v) is 12.5. The quantitative estimate of drug-likeness (QED) is 0.925. The van der Waals surface area contributed by atoms with Crippen LogP contribution in [0.3, 0.4) is 0 Å². The van der Waals surface area contributed by atoms with Crippen molar-refractivity contribution in [2.45, 2.75) is 51.5 Å². The molecule has 1 saturated carbocycles. The SMILES string of the molecule is Cc1nn(C)c(C)c1C(C)c1nc(C2(N)CCC2)no1. The highest BCUT2D eigenvalue weighted by atomic mass is 16.5. The number of hydrogen-bond acceptors (Lipinski definition) is 5. The van der Waals surface area contributed by atoms with E-state index in [-0.39, 0.29) is 11.5 Å². The summed E-state index contributed by atoms with van der Waals surface area (Å²) in [5, 5.41) is 8.53. The number of nitrogens with two attached hydrogens (primary N) is 1. The van der Waals surface area contributed by atoms with Gasteiger partial charge in [-0.05, 0) is 40.0 Å². The van der Waals surface area contributed by atoms with Gasteiger partial charge in [0.1, 0.15) is 0 Å². The second-order valence-electron chi connectivity index (χ2n) is 5.90. The van der Waals surface area contributed by atoms with Crippen LogP contribution in [0.25, 0.3) is 0 Å². The maximum absolute atomic E-state index is 6.24. The van der Waals surface area contributed by atoms with Gasteiger partial charge in [0.05, 0.1) is 17.2 Å². The minimum absolute atomic E-state index is 0.0358. The Balaban J connectivity index is 1.93. The lowest BCUT2D eigenvalue weighted by Crippen LogP contribution is -2.44. The van der Waals surface area contributed by atoms with Crippen LogP contribution in [0.4, 0.5) is 0 Å². The summed E-state index contributed by atoms with van der Waals surface area (Å²) in [6.45, 7) is 6.13. The minimum Gasteiger partial charge on any atom is -0.339 e. The predicted octanol–water partition coefficient (Wildman–Crippen LogP) is 1.91. The molecule has 1 atom stereocenters. The molecule has 0 aromatic carbocycles. The Morgan fingerprint density at radius 1 is 1.35 bits per heavy atom. The van der Waals surface area contributed by atoms with Crippen LogP contribution in [0.1, 0.15) is 60.8 Å². The van der Waals surface area contributed by atoms with Crippen molar-refractivity contribution in [3.63, 3.8) is 0 Å². The highest BCUT2D eigenvalue weighted by Gasteiger charge is 2.39. The Bertz CT molecular complexity index is 638. The fourth-order valence-electron chi connectivity index (χ4n) is 2.93. The first kappa shape index (κ1) is 13.3. The van der Waals surface area contributed by atoms with Gasteiger partial charge in [-0.3, -0.25) is 4.68 Å². The maximum Gasteiger partial charge on any atom is 0.234 e. The first-order valence-electron chi connectivity index (χ1n) is 7.05. The number of aryl methyl sites for hydroxylation is 2. The maximum atomic E-state index is 6.24. The summed E-state index contributed by atoms with van der Waals surface area (Å²) in [6, 6.07) is 0. The molecule has 3 rings (SSSR count). The molecule has 0 bridgehead atoms. The Morgan fingerprint density at radius 3 is 2.55 bits per heavy atom. The van der Waals surface area contributed by atoms with Crippen molar-refractivity contribution in [3.8, 4) is 0 Å². The smallest absolute Gasteiger partial charge is 0.234 e. The molecule has 2 N–H and O–H groups in total. The molecule has 1 aliphatic carbocycles. The molecular formula is C14H21N5O. The van der Waals surface area contributed by atoms with E-state index in [0.29, 0.717) is 11.7 Å². The van der Waals surface area contributed by atoms with E-state index < -0.39 is 0 Å². The Kier molecular flexibility index (Phi) is 2.93. The summed E-state index contributed by atoms with van der Waals surface area (Å²) in [7, 11) is 1.95. The van der Waals surface area contributed by atoms with Crippen LogP contribution < -0.4 is 5.73 Å². The van der Waals surface area contributed by atoms with E-state index in [9.17, 15) is 0 Å². The van der Waals surface area contributed by atoms with Gasteiger partial charge in [-0.2, -0.15) is 10.1 Å². The van der Waals surface area contributed by atoms with Gasteiger partial charge in [0.25, 0.3) is 0 Å². The molecule has 0 radical (unpaired) electrons.